The monoisotopic (exact) mass is 539 g/mol. The second-order valence-corrected chi connectivity index (χ2v) is 8.36. The second kappa shape index (κ2) is 11.8. The van der Waals surface area contributed by atoms with Gasteiger partial charge in [-0.1, -0.05) is 54.1 Å². The number of carbonyl (C=O) groups excluding carboxylic acids is 1. The molecule has 0 aliphatic rings. The molecular formula is C28H19BClF4NO3. The van der Waals surface area contributed by atoms with E-state index in [-0.39, 0.29) is 0 Å². The van der Waals surface area contributed by atoms with Crippen LogP contribution in [-0.2, 0) is 0 Å². The van der Waals surface area contributed by atoms with E-state index in [1.165, 1.54) is 0 Å². The van der Waals surface area contributed by atoms with Crippen molar-refractivity contribution in [3.63, 3.8) is 0 Å². The summed E-state index contributed by atoms with van der Waals surface area (Å²) in [7, 11) is -6.00. The minimum atomic E-state index is -6.00. The number of benzene rings is 4. The van der Waals surface area contributed by atoms with Gasteiger partial charge in [0.25, 0.3) is 0 Å². The topological polar surface area (TPSA) is 53.4 Å². The van der Waals surface area contributed by atoms with Gasteiger partial charge in [-0.25, -0.2) is 9.79 Å². The van der Waals surface area contributed by atoms with Crippen LogP contribution in [0, 0.1) is 0 Å². The summed E-state index contributed by atoms with van der Waals surface area (Å²) in [5, 5.41) is 2.45. The average Bonchev–Trinajstić information content (AvgIpc) is 2.89. The van der Waals surface area contributed by atoms with Crippen molar-refractivity contribution >= 4 is 41.5 Å². The van der Waals surface area contributed by atoms with Crippen LogP contribution in [0.4, 0.5) is 23.0 Å². The summed E-state index contributed by atoms with van der Waals surface area (Å²) in [5.41, 5.74) is 3.08. The molecule has 5 rings (SSSR count). The Balaban J connectivity index is 0.000000617. The van der Waals surface area contributed by atoms with Gasteiger partial charge in [0.15, 0.2) is 0 Å². The molecule has 4 nitrogen and oxygen atoms in total. The number of halogens is 5. The lowest BCUT2D eigenvalue weighted by Crippen LogP contribution is -2.70. The first-order valence-electron chi connectivity index (χ1n) is 11.3. The lowest BCUT2D eigenvalue weighted by molar-refractivity contribution is -0.400. The van der Waals surface area contributed by atoms with Crippen molar-refractivity contribution in [3.8, 4) is 17.1 Å². The summed E-state index contributed by atoms with van der Waals surface area (Å²) in [4.78, 5) is 15.8. The predicted octanol–water partition coefficient (Wildman–Crippen LogP) is 6.59. The van der Waals surface area contributed by atoms with Crippen LogP contribution >= 0.6 is 11.6 Å². The smallest absolute Gasteiger partial charge is 0.456 e. The Kier molecular flexibility index (Phi) is 8.28. The first-order valence-corrected chi connectivity index (χ1v) is 11.7. The van der Waals surface area contributed by atoms with E-state index in [9.17, 15) is 22.1 Å². The number of para-hydroxylation sites is 1. The van der Waals surface area contributed by atoms with E-state index < -0.39 is 13.2 Å². The molecule has 1 N–H and O–H groups in total. The summed E-state index contributed by atoms with van der Waals surface area (Å²) in [5.74, 6) is 0.791. The predicted molar refractivity (Wildman–Crippen MR) is 138 cm³/mol. The Morgan fingerprint density at radius 2 is 1.39 bits per heavy atom. The van der Waals surface area contributed by atoms with E-state index in [2.05, 4.69) is 4.99 Å². The highest BCUT2D eigenvalue weighted by Gasteiger charge is 2.20. The number of carbonyl (C=O) groups is 1. The second-order valence-electron chi connectivity index (χ2n) is 7.93. The third-order valence-electron chi connectivity index (χ3n) is 5.15. The van der Waals surface area contributed by atoms with Crippen LogP contribution < -0.4 is 15.1 Å². The SMILES string of the molecule is F[B-](F)(F)F.O=C(Oc1ccc([NH+]=c2cc(-c3ccccc3)oc3ccccc23)cc1)c1ccc(Cl)cc1. The van der Waals surface area contributed by atoms with Crippen LogP contribution in [0.25, 0.3) is 22.3 Å². The highest BCUT2D eigenvalue weighted by atomic mass is 35.5. The number of hydrogen-bond donors (Lipinski definition) is 1. The molecule has 0 saturated carbocycles. The van der Waals surface area contributed by atoms with Gasteiger partial charge in [0.1, 0.15) is 17.1 Å². The first kappa shape index (κ1) is 26.7. The fourth-order valence-corrected chi connectivity index (χ4v) is 3.62. The zero-order chi connectivity index (χ0) is 27.1. The minimum Gasteiger partial charge on any atom is -0.456 e. The number of esters is 1. The number of fused-ring (bicyclic) bond motifs is 1. The summed E-state index contributed by atoms with van der Waals surface area (Å²) < 4.78 is 50.6. The molecular weight excluding hydrogens is 521 g/mol. The molecule has 1 aromatic heterocycles. The summed E-state index contributed by atoms with van der Waals surface area (Å²) in [6.45, 7) is 0. The van der Waals surface area contributed by atoms with E-state index in [1.807, 2.05) is 72.8 Å². The molecule has 0 spiro atoms. The van der Waals surface area contributed by atoms with Crippen LogP contribution in [0.1, 0.15) is 10.4 Å². The van der Waals surface area contributed by atoms with E-state index in [0.29, 0.717) is 16.3 Å². The van der Waals surface area contributed by atoms with Crippen molar-refractivity contribution in [3.05, 3.63) is 125 Å². The normalized spacial score (nSPS) is 11.6. The number of ether oxygens (including phenoxy) is 1. The molecule has 0 saturated heterocycles. The molecule has 0 aliphatic heterocycles. The zero-order valence-electron chi connectivity index (χ0n) is 19.6. The highest BCUT2D eigenvalue weighted by molar-refractivity contribution is 6.50. The largest absolute Gasteiger partial charge is 0.673 e. The van der Waals surface area contributed by atoms with E-state index in [4.69, 9.17) is 20.8 Å². The van der Waals surface area contributed by atoms with Crippen molar-refractivity contribution in [2.75, 3.05) is 0 Å². The Bertz CT molecular complexity index is 1600. The molecule has 192 valence electrons. The van der Waals surface area contributed by atoms with E-state index >= 15 is 0 Å². The zero-order valence-corrected chi connectivity index (χ0v) is 20.3. The third kappa shape index (κ3) is 7.57. The number of hydrogen-bond acceptors (Lipinski definition) is 3. The van der Waals surface area contributed by atoms with Gasteiger partial charge in [-0.2, -0.15) is 0 Å². The Hall–Kier alpha value is -4.37. The van der Waals surface area contributed by atoms with Crippen LogP contribution in [0.15, 0.2) is 114 Å². The van der Waals surface area contributed by atoms with E-state index in [1.54, 1.807) is 36.4 Å². The lowest BCUT2D eigenvalue weighted by Gasteiger charge is -2.04. The third-order valence-corrected chi connectivity index (χ3v) is 5.41. The van der Waals surface area contributed by atoms with E-state index in [0.717, 1.165) is 33.3 Å². The van der Waals surface area contributed by atoms with Gasteiger partial charge in [-0.15, -0.1) is 0 Å². The van der Waals surface area contributed by atoms with Crippen molar-refractivity contribution in [1.82, 2.24) is 0 Å². The number of rotatable bonds is 4. The molecule has 38 heavy (non-hydrogen) atoms. The molecule has 4 aromatic carbocycles. The van der Waals surface area contributed by atoms with Gasteiger partial charge in [0.05, 0.1) is 17.0 Å². The molecule has 0 atom stereocenters. The summed E-state index contributed by atoms with van der Waals surface area (Å²) in [6.07, 6.45) is 0. The van der Waals surface area contributed by atoms with Crippen molar-refractivity contribution in [2.45, 2.75) is 0 Å². The van der Waals surface area contributed by atoms with Gasteiger partial charge in [-0.3, -0.25) is 0 Å². The van der Waals surface area contributed by atoms with Gasteiger partial charge < -0.3 is 26.4 Å². The maximum Gasteiger partial charge on any atom is 0.673 e. The van der Waals surface area contributed by atoms with Gasteiger partial charge >= 0.3 is 13.2 Å². The minimum absolute atomic E-state index is 0.435. The number of nitrogens with one attached hydrogen (secondary N) is 1. The van der Waals surface area contributed by atoms with Crippen molar-refractivity contribution < 1.29 is 36.2 Å². The van der Waals surface area contributed by atoms with Gasteiger partial charge in [0, 0.05) is 22.7 Å². The standard InChI is InChI=1S/C28H18ClNO3.BF4/c29-21-12-10-20(11-13-21)28(31)32-23-16-14-22(15-17-23)30-25-18-27(19-6-2-1-3-7-19)33-26-9-5-4-8-24(25)26;2-1(3,4)5/h1-18H;/q;-1/p+1. The lowest BCUT2D eigenvalue weighted by atomic mass is 10.1. The quantitative estimate of drug-likeness (QED) is 0.121. The van der Waals surface area contributed by atoms with Crippen LogP contribution in [-0.4, -0.2) is 13.2 Å². The molecule has 10 heteroatoms. The van der Waals surface area contributed by atoms with Crippen LogP contribution in [0.5, 0.6) is 5.75 Å². The van der Waals surface area contributed by atoms with Gasteiger partial charge in [-0.05, 0) is 48.5 Å². The Morgan fingerprint density at radius 1 is 0.789 bits per heavy atom. The first-order chi connectivity index (χ1) is 18.2. The molecule has 0 radical (unpaired) electrons. The van der Waals surface area contributed by atoms with Gasteiger partial charge in [0.2, 0.25) is 11.0 Å². The van der Waals surface area contributed by atoms with Crippen LogP contribution in [0.2, 0.25) is 5.02 Å². The molecule has 5 aromatic rings. The molecule has 0 fully saturated rings. The molecule has 0 bridgehead atoms. The fraction of sp³-hybridized carbons (Fsp3) is 0. The molecule has 0 amide bonds. The molecule has 0 aliphatic carbocycles. The Labute approximate surface area is 219 Å². The summed E-state index contributed by atoms with van der Waals surface area (Å²) in [6, 6.07) is 33.7. The molecule has 1 heterocycles. The average molecular weight is 540 g/mol. The van der Waals surface area contributed by atoms with Crippen LogP contribution in [0.3, 0.4) is 0 Å². The van der Waals surface area contributed by atoms with Crippen molar-refractivity contribution in [1.29, 1.82) is 0 Å². The Morgan fingerprint density at radius 3 is 2.05 bits per heavy atom. The maximum atomic E-state index is 12.3. The fourth-order valence-electron chi connectivity index (χ4n) is 3.50. The van der Waals surface area contributed by atoms with Crippen molar-refractivity contribution in [2.24, 2.45) is 0 Å². The maximum absolute atomic E-state index is 12.3. The highest BCUT2D eigenvalue weighted by Crippen LogP contribution is 2.21. The molecule has 0 unspecified atom stereocenters. The summed E-state index contributed by atoms with van der Waals surface area (Å²) >= 11 is 5.88.